The average Bonchev–Trinajstić information content (AvgIpc) is 3.19. The van der Waals surface area contributed by atoms with E-state index in [0.29, 0.717) is 17.4 Å². The molecule has 1 aliphatic rings. The molecule has 122 valence electrons. The molecule has 0 spiro atoms. The zero-order chi connectivity index (χ0) is 16.5. The van der Waals surface area contributed by atoms with Crippen molar-refractivity contribution in [2.75, 3.05) is 5.32 Å². The number of anilines is 1. The minimum atomic E-state index is -0.239. The van der Waals surface area contributed by atoms with Crippen molar-refractivity contribution in [3.05, 3.63) is 48.0 Å². The van der Waals surface area contributed by atoms with Crippen LogP contribution in [0.25, 0.3) is 11.3 Å². The summed E-state index contributed by atoms with van der Waals surface area (Å²) in [5, 5.41) is 14.3. The van der Waals surface area contributed by atoms with Gasteiger partial charge in [0.15, 0.2) is 11.5 Å². The van der Waals surface area contributed by atoms with E-state index >= 15 is 0 Å². The zero-order valence-corrected chi connectivity index (χ0v) is 13.4. The number of nitrogens with one attached hydrogen (secondary N) is 2. The van der Waals surface area contributed by atoms with Crippen LogP contribution in [-0.4, -0.2) is 30.9 Å². The number of pyridine rings is 1. The minimum Gasteiger partial charge on any atom is -0.304 e. The van der Waals surface area contributed by atoms with Crippen molar-refractivity contribution in [2.24, 2.45) is 0 Å². The number of aryl methyl sites for hydroxylation is 1. The Hall–Kier alpha value is -2.96. The third-order valence-electron chi connectivity index (χ3n) is 4.15. The molecule has 3 heterocycles. The Morgan fingerprint density at radius 2 is 2.12 bits per heavy atom. The number of nitrogens with zero attached hydrogens (tertiary/aromatic N) is 4. The second kappa shape index (κ2) is 5.92. The number of carbonyl (C=O) groups excluding carboxylic acids is 1. The summed E-state index contributed by atoms with van der Waals surface area (Å²) in [4.78, 5) is 16.4. The molecule has 1 amide bonds. The molecule has 0 aliphatic heterocycles. The third-order valence-corrected chi connectivity index (χ3v) is 4.15. The number of rotatable bonds is 5. The first-order valence-corrected chi connectivity index (χ1v) is 8.09. The molecule has 0 unspecified atom stereocenters. The maximum absolute atomic E-state index is 12.4. The number of amides is 1. The van der Waals surface area contributed by atoms with Crippen molar-refractivity contribution in [2.45, 2.75) is 32.2 Å². The second-order valence-corrected chi connectivity index (χ2v) is 5.90. The molecule has 7 heteroatoms. The second-order valence-electron chi connectivity index (χ2n) is 5.90. The average molecular weight is 322 g/mol. The van der Waals surface area contributed by atoms with Crippen LogP contribution in [0, 0.1) is 0 Å². The van der Waals surface area contributed by atoms with Gasteiger partial charge in [-0.15, -0.1) is 0 Å². The summed E-state index contributed by atoms with van der Waals surface area (Å²) in [5.41, 5.74) is 3.38. The molecule has 3 aromatic rings. The van der Waals surface area contributed by atoms with Gasteiger partial charge in [-0.1, -0.05) is 0 Å². The third kappa shape index (κ3) is 2.80. The molecular weight excluding hydrogens is 304 g/mol. The topological polar surface area (TPSA) is 88.5 Å². The van der Waals surface area contributed by atoms with Crippen LogP contribution < -0.4 is 5.32 Å². The first-order chi connectivity index (χ1) is 11.7. The molecule has 24 heavy (non-hydrogen) atoms. The van der Waals surface area contributed by atoms with E-state index in [4.69, 9.17) is 0 Å². The summed E-state index contributed by atoms with van der Waals surface area (Å²) >= 11 is 0. The van der Waals surface area contributed by atoms with Gasteiger partial charge < -0.3 is 5.32 Å². The number of hydrogen-bond donors (Lipinski definition) is 2. The summed E-state index contributed by atoms with van der Waals surface area (Å²) in [5.74, 6) is 0.797. The van der Waals surface area contributed by atoms with Crippen LogP contribution in [-0.2, 0) is 6.54 Å². The van der Waals surface area contributed by atoms with Crippen LogP contribution in [0.1, 0.15) is 41.9 Å². The first kappa shape index (κ1) is 14.6. The molecule has 7 nitrogen and oxygen atoms in total. The van der Waals surface area contributed by atoms with Gasteiger partial charge in [0.05, 0.1) is 5.69 Å². The lowest BCUT2D eigenvalue weighted by Crippen LogP contribution is -2.13. The predicted molar refractivity (Wildman–Crippen MR) is 89.6 cm³/mol. The highest BCUT2D eigenvalue weighted by molar-refractivity contribution is 6.02. The fourth-order valence-corrected chi connectivity index (χ4v) is 2.75. The molecule has 0 saturated heterocycles. The highest BCUT2D eigenvalue weighted by Gasteiger charge is 2.29. The Labute approximate surface area is 139 Å². The van der Waals surface area contributed by atoms with Crippen molar-refractivity contribution < 1.29 is 4.79 Å². The van der Waals surface area contributed by atoms with Crippen LogP contribution in [0.15, 0.2) is 36.7 Å². The lowest BCUT2D eigenvalue weighted by molar-refractivity contribution is 0.102. The summed E-state index contributed by atoms with van der Waals surface area (Å²) in [7, 11) is 0. The molecule has 2 N–H and O–H groups in total. The molecule has 0 atom stereocenters. The summed E-state index contributed by atoms with van der Waals surface area (Å²) in [6.07, 6.45) is 5.79. The molecule has 4 rings (SSSR count). The summed E-state index contributed by atoms with van der Waals surface area (Å²) in [6.45, 7) is 2.81. The van der Waals surface area contributed by atoms with Gasteiger partial charge in [0, 0.05) is 42.2 Å². The lowest BCUT2D eigenvalue weighted by Gasteiger charge is -2.00. The Kier molecular flexibility index (Phi) is 3.60. The maximum Gasteiger partial charge on any atom is 0.277 e. The van der Waals surface area contributed by atoms with Gasteiger partial charge in [-0.3, -0.25) is 19.6 Å². The van der Waals surface area contributed by atoms with Crippen molar-refractivity contribution in [3.63, 3.8) is 0 Å². The Morgan fingerprint density at radius 1 is 1.33 bits per heavy atom. The van der Waals surface area contributed by atoms with Crippen LogP contribution in [0.5, 0.6) is 0 Å². The normalized spacial score (nSPS) is 13.9. The number of aromatic amines is 1. The highest BCUT2D eigenvalue weighted by Crippen LogP contribution is 2.40. The fourth-order valence-electron chi connectivity index (χ4n) is 2.75. The molecule has 3 aromatic heterocycles. The molecule has 0 aromatic carbocycles. The van der Waals surface area contributed by atoms with Crippen LogP contribution in [0.3, 0.4) is 0 Å². The van der Waals surface area contributed by atoms with Gasteiger partial charge in [-0.05, 0) is 38.0 Å². The van der Waals surface area contributed by atoms with E-state index < -0.39 is 0 Å². The molecule has 1 fully saturated rings. The highest BCUT2D eigenvalue weighted by atomic mass is 16.2. The van der Waals surface area contributed by atoms with Crippen molar-refractivity contribution >= 4 is 11.7 Å². The van der Waals surface area contributed by atoms with E-state index in [1.807, 2.05) is 29.8 Å². The van der Waals surface area contributed by atoms with Gasteiger partial charge >= 0.3 is 0 Å². The molecule has 1 aliphatic carbocycles. The summed E-state index contributed by atoms with van der Waals surface area (Å²) < 4.78 is 1.92. The van der Waals surface area contributed by atoms with Crippen molar-refractivity contribution in [1.82, 2.24) is 25.0 Å². The maximum atomic E-state index is 12.4. The van der Waals surface area contributed by atoms with Gasteiger partial charge in [0.1, 0.15) is 0 Å². The Morgan fingerprint density at radius 3 is 2.83 bits per heavy atom. The minimum absolute atomic E-state index is 0.239. The Balaban J connectivity index is 1.51. The number of aromatic nitrogens is 5. The molecule has 0 bridgehead atoms. The largest absolute Gasteiger partial charge is 0.304 e. The van der Waals surface area contributed by atoms with Crippen LogP contribution in [0.4, 0.5) is 5.82 Å². The van der Waals surface area contributed by atoms with E-state index in [9.17, 15) is 4.79 Å². The monoisotopic (exact) mass is 322 g/mol. The number of H-pyrrole nitrogens is 1. The standard InChI is InChI=1S/C17H18N6O/c1-2-23-15(12-3-4-12)9-14(22-23)17(24)19-16-10-13(20-21-16)11-5-7-18-8-6-11/h5-10,12H,2-4H2,1H3,(H2,19,20,21,24). The van der Waals surface area contributed by atoms with E-state index in [1.54, 1.807) is 18.5 Å². The van der Waals surface area contributed by atoms with Gasteiger partial charge in [0.25, 0.3) is 5.91 Å². The summed E-state index contributed by atoms with van der Waals surface area (Å²) in [6, 6.07) is 7.45. The van der Waals surface area contributed by atoms with Gasteiger partial charge in [-0.25, -0.2) is 0 Å². The van der Waals surface area contributed by atoms with Crippen LogP contribution in [0.2, 0.25) is 0 Å². The van der Waals surface area contributed by atoms with E-state index in [1.165, 1.54) is 12.8 Å². The van der Waals surface area contributed by atoms with Crippen molar-refractivity contribution in [3.8, 4) is 11.3 Å². The SMILES string of the molecule is CCn1nc(C(=O)Nc2cc(-c3ccncc3)[nH]n2)cc1C1CC1. The van der Waals surface area contributed by atoms with Gasteiger partial charge in [0.2, 0.25) is 0 Å². The van der Waals surface area contributed by atoms with Crippen LogP contribution >= 0.6 is 0 Å². The number of hydrogen-bond acceptors (Lipinski definition) is 4. The van der Waals surface area contributed by atoms with E-state index in [2.05, 4.69) is 25.6 Å². The first-order valence-electron chi connectivity index (χ1n) is 8.09. The number of carbonyl (C=O) groups is 1. The molecule has 1 saturated carbocycles. The predicted octanol–water partition coefficient (Wildman–Crippen LogP) is 2.82. The Bertz CT molecular complexity index is 862. The van der Waals surface area contributed by atoms with E-state index in [-0.39, 0.29) is 5.91 Å². The lowest BCUT2D eigenvalue weighted by atomic mass is 10.2. The fraction of sp³-hybridized carbons (Fsp3) is 0.294. The molecular formula is C17H18N6O. The zero-order valence-electron chi connectivity index (χ0n) is 13.4. The van der Waals surface area contributed by atoms with Crippen molar-refractivity contribution in [1.29, 1.82) is 0 Å². The van der Waals surface area contributed by atoms with E-state index in [0.717, 1.165) is 23.5 Å². The smallest absolute Gasteiger partial charge is 0.277 e. The molecule has 0 radical (unpaired) electrons. The van der Waals surface area contributed by atoms with Gasteiger partial charge in [-0.2, -0.15) is 10.2 Å². The quantitative estimate of drug-likeness (QED) is 0.756.